The van der Waals surface area contributed by atoms with Gasteiger partial charge >= 0.3 is 0 Å². The molecule has 2 aromatic carbocycles. The number of methoxy groups -OCH3 is 1. The lowest BCUT2D eigenvalue weighted by molar-refractivity contribution is -0.0648. The number of β-amino-alcohol motifs (C(OH)–C–C–N with tert-alkyl or cyclic N) is 1. The van der Waals surface area contributed by atoms with Gasteiger partial charge in [0.1, 0.15) is 30.4 Å². The molecular formula is C30H41N3O5. The van der Waals surface area contributed by atoms with Crippen LogP contribution < -0.4 is 14.2 Å². The Labute approximate surface area is 226 Å². The number of nitrogens with zero attached hydrogens (tertiary/aromatic N) is 3. The van der Waals surface area contributed by atoms with E-state index in [1.807, 2.05) is 43.6 Å². The second kappa shape index (κ2) is 12.7. The first-order valence-electron chi connectivity index (χ1n) is 13.3. The number of benzene rings is 2. The Morgan fingerprint density at radius 3 is 2.71 bits per heavy atom. The molecule has 0 saturated carbocycles. The molecule has 4 rings (SSSR count). The van der Waals surface area contributed by atoms with Crippen molar-refractivity contribution in [3.8, 4) is 17.2 Å². The Hall–Kier alpha value is -3.07. The van der Waals surface area contributed by atoms with Gasteiger partial charge in [0.15, 0.2) is 11.5 Å². The van der Waals surface area contributed by atoms with Crippen molar-refractivity contribution < 1.29 is 24.1 Å². The van der Waals surface area contributed by atoms with Crippen LogP contribution in [0.25, 0.3) is 0 Å². The van der Waals surface area contributed by atoms with Crippen molar-refractivity contribution in [2.45, 2.75) is 52.8 Å². The fourth-order valence-corrected chi connectivity index (χ4v) is 4.88. The molecule has 3 aromatic rings. The molecule has 1 aromatic heterocycles. The van der Waals surface area contributed by atoms with Crippen LogP contribution >= 0.6 is 0 Å². The van der Waals surface area contributed by atoms with Crippen LogP contribution in [0.15, 0.2) is 42.7 Å². The van der Waals surface area contributed by atoms with Crippen molar-refractivity contribution in [1.29, 1.82) is 0 Å². The summed E-state index contributed by atoms with van der Waals surface area (Å²) in [5.41, 5.74) is 3.37. The SMILES string of the molecule is CCc1nccn1CCOc1cc(CN2CCOC[C@@](O)(COc3cc(C)cc(C)c3C)C2)ccc1OC. The van der Waals surface area contributed by atoms with E-state index in [0.29, 0.717) is 50.9 Å². The fraction of sp³-hybridized carbons (Fsp3) is 0.500. The molecule has 1 N–H and O–H groups in total. The molecule has 8 heteroatoms. The first-order valence-corrected chi connectivity index (χ1v) is 13.3. The third-order valence-electron chi connectivity index (χ3n) is 7.04. The lowest BCUT2D eigenvalue weighted by atomic mass is 10.0. The molecule has 1 fully saturated rings. The summed E-state index contributed by atoms with van der Waals surface area (Å²) in [6.45, 7) is 12.3. The van der Waals surface area contributed by atoms with Gasteiger partial charge < -0.3 is 28.6 Å². The average Bonchev–Trinajstić information content (AvgIpc) is 3.27. The summed E-state index contributed by atoms with van der Waals surface area (Å²) in [6, 6.07) is 10.2. The second-order valence-corrected chi connectivity index (χ2v) is 10.2. The van der Waals surface area contributed by atoms with Gasteiger partial charge in [0, 0.05) is 38.4 Å². The van der Waals surface area contributed by atoms with Gasteiger partial charge in [0.2, 0.25) is 0 Å². The van der Waals surface area contributed by atoms with Gasteiger partial charge in [0.05, 0.1) is 26.9 Å². The molecule has 38 heavy (non-hydrogen) atoms. The molecule has 0 bridgehead atoms. The highest BCUT2D eigenvalue weighted by molar-refractivity contribution is 5.43. The number of rotatable bonds is 11. The summed E-state index contributed by atoms with van der Waals surface area (Å²) < 4.78 is 25.7. The molecule has 0 radical (unpaired) electrons. The Kier molecular flexibility index (Phi) is 9.31. The van der Waals surface area contributed by atoms with E-state index in [9.17, 15) is 5.11 Å². The highest BCUT2D eigenvalue weighted by Crippen LogP contribution is 2.30. The quantitative estimate of drug-likeness (QED) is 0.405. The zero-order valence-corrected chi connectivity index (χ0v) is 23.3. The normalized spacial score (nSPS) is 18.3. The van der Waals surface area contributed by atoms with Crippen LogP contribution in [0, 0.1) is 20.8 Å². The maximum atomic E-state index is 11.4. The topological polar surface area (TPSA) is 78.2 Å². The number of imidazole rings is 1. The molecule has 1 aliphatic heterocycles. The number of aliphatic hydroxyl groups is 1. The van der Waals surface area contributed by atoms with E-state index in [2.05, 4.69) is 41.3 Å². The molecule has 2 heterocycles. The minimum Gasteiger partial charge on any atom is -0.493 e. The molecule has 0 amide bonds. The van der Waals surface area contributed by atoms with Crippen molar-refractivity contribution >= 4 is 0 Å². The Morgan fingerprint density at radius 2 is 1.92 bits per heavy atom. The van der Waals surface area contributed by atoms with Crippen LogP contribution in [0.3, 0.4) is 0 Å². The van der Waals surface area contributed by atoms with E-state index in [-0.39, 0.29) is 13.2 Å². The van der Waals surface area contributed by atoms with Crippen LogP contribution in [-0.2, 0) is 24.2 Å². The Balaban J connectivity index is 1.40. The fourth-order valence-electron chi connectivity index (χ4n) is 4.88. The van der Waals surface area contributed by atoms with Crippen LogP contribution in [0.1, 0.15) is 35.0 Å². The minimum atomic E-state index is -1.12. The minimum absolute atomic E-state index is 0.165. The van der Waals surface area contributed by atoms with Gasteiger partial charge in [-0.05, 0) is 61.2 Å². The van der Waals surface area contributed by atoms with Crippen molar-refractivity contribution in [3.63, 3.8) is 0 Å². The summed E-state index contributed by atoms with van der Waals surface area (Å²) in [7, 11) is 1.65. The summed E-state index contributed by atoms with van der Waals surface area (Å²) in [5, 5.41) is 11.4. The molecular weight excluding hydrogens is 482 g/mol. The Bertz CT molecular complexity index is 1210. The van der Waals surface area contributed by atoms with Crippen molar-refractivity contribution in [3.05, 3.63) is 70.8 Å². The first-order chi connectivity index (χ1) is 18.3. The molecule has 0 unspecified atom stereocenters. The molecule has 1 aliphatic rings. The highest BCUT2D eigenvalue weighted by Gasteiger charge is 2.34. The molecule has 1 saturated heterocycles. The lowest BCUT2D eigenvalue weighted by Crippen LogP contribution is -2.48. The largest absolute Gasteiger partial charge is 0.493 e. The summed E-state index contributed by atoms with van der Waals surface area (Å²) in [6.07, 6.45) is 4.68. The van der Waals surface area contributed by atoms with Crippen molar-refractivity contribution in [2.24, 2.45) is 0 Å². The smallest absolute Gasteiger partial charge is 0.161 e. The number of ether oxygens (including phenoxy) is 4. The van der Waals surface area contributed by atoms with E-state index in [1.165, 1.54) is 5.56 Å². The lowest BCUT2D eigenvalue weighted by Gasteiger charge is -2.31. The predicted octanol–water partition coefficient (Wildman–Crippen LogP) is 4.10. The molecule has 1 atom stereocenters. The number of aryl methyl sites for hydroxylation is 3. The maximum Gasteiger partial charge on any atom is 0.161 e. The second-order valence-electron chi connectivity index (χ2n) is 10.2. The van der Waals surface area contributed by atoms with Gasteiger partial charge in [-0.25, -0.2) is 4.98 Å². The molecule has 206 valence electrons. The van der Waals surface area contributed by atoms with E-state index in [1.54, 1.807) is 7.11 Å². The molecule has 0 aliphatic carbocycles. The molecule has 8 nitrogen and oxygen atoms in total. The number of aromatic nitrogens is 2. The maximum absolute atomic E-state index is 11.4. The zero-order chi connectivity index (χ0) is 27.1. The van der Waals surface area contributed by atoms with E-state index in [4.69, 9.17) is 18.9 Å². The number of hydrogen-bond donors (Lipinski definition) is 1. The third kappa shape index (κ3) is 7.07. The summed E-state index contributed by atoms with van der Waals surface area (Å²) in [4.78, 5) is 6.58. The van der Waals surface area contributed by atoms with Crippen molar-refractivity contribution in [2.75, 3.05) is 46.6 Å². The molecule has 0 spiro atoms. The van der Waals surface area contributed by atoms with Crippen LogP contribution in [0.5, 0.6) is 17.2 Å². The van der Waals surface area contributed by atoms with Crippen LogP contribution in [0.2, 0.25) is 0 Å². The summed E-state index contributed by atoms with van der Waals surface area (Å²) >= 11 is 0. The number of hydrogen-bond acceptors (Lipinski definition) is 7. The zero-order valence-electron chi connectivity index (χ0n) is 23.3. The van der Waals surface area contributed by atoms with Crippen LogP contribution in [0.4, 0.5) is 0 Å². The van der Waals surface area contributed by atoms with Gasteiger partial charge in [-0.15, -0.1) is 0 Å². The van der Waals surface area contributed by atoms with Gasteiger partial charge in [-0.3, -0.25) is 4.90 Å². The highest BCUT2D eigenvalue weighted by atomic mass is 16.5. The predicted molar refractivity (Wildman–Crippen MR) is 147 cm³/mol. The van der Waals surface area contributed by atoms with Crippen molar-refractivity contribution in [1.82, 2.24) is 14.5 Å². The Morgan fingerprint density at radius 1 is 1.08 bits per heavy atom. The van der Waals surface area contributed by atoms with Gasteiger partial charge in [-0.1, -0.05) is 19.1 Å². The monoisotopic (exact) mass is 523 g/mol. The summed E-state index contributed by atoms with van der Waals surface area (Å²) in [5.74, 6) is 3.26. The average molecular weight is 524 g/mol. The van der Waals surface area contributed by atoms with Gasteiger partial charge in [-0.2, -0.15) is 0 Å². The van der Waals surface area contributed by atoms with E-state index < -0.39 is 5.60 Å². The first kappa shape index (κ1) is 28.0. The standard InChI is InChI=1S/C30H41N3O5/c1-6-29-31-9-10-33(29)12-14-37-28-17-25(7-8-26(28)35-5)18-32-11-13-36-20-30(34,19-32)21-38-27-16-22(2)15-23(3)24(27)4/h7-10,15-17,34H,6,11-14,18-21H2,1-5H3/t30-/m1/s1. The van der Waals surface area contributed by atoms with Crippen LogP contribution in [-0.4, -0.2) is 71.8 Å². The van der Waals surface area contributed by atoms with E-state index >= 15 is 0 Å². The van der Waals surface area contributed by atoms with E-state index in [0.717, 1.165) is 34.7 Å². The third-order valence-corrected chi connectivity index (χ3v) is 7.04. The van der Waals surface area contributed by atoms with Gasteiger partial charge in [0.25, 0.3) is 0 Å².